The summed E-state index contributed by atoms with van der Waals surface area (Å²) >= 11 is 5.31. The van der Waals surface area contributed by atoms with Gasteiger partial charge in [-0.25, -0.2) is 0 Å². The maximum absolute atomic E-state index is 5.87. The molecule has 1 atom stereocenters. The summed E-state index contributed by atoms with van der Waals surface area (Å²) in [6.07, 6.45) is 2.22. The van der Waals surface area contributed by atoms with E-state index in [-0.39, 0.29) is 0 Å². The Morgan fingerprint density at radius 2 is 1.88 bits per heavy atom. The van der Waals surface area contributed by atoms with Gasteiger partial charge in [-0.15, -0.1) is 11.3 Å². The molecule has 0 saturated heterocycles. The van der Waals surface area contributed by atoms with E-state index in [0.717, 1.165) is 19.4 Å². The van der Waals surface area contributed by atoms with E-state index in [4.69, 9.17) is 5.73 Å². The van der Waals surface area contributed by atoms with E-state index in [1.165, 1.54) is 14.2 Å². The quantitative estimate of drug-likeness (QED) is 0.880. The van der Waals surface area contributed by atoms with Crippen LogP contribution in [-0.4, -0.2) is 6.54 Å². The van der Waals surface area contributed by atoms with Gasteiger partial charge < -0.3 is 5.73 Å². The number of rotatable bonds is 5. The molecule has 2 N–H and O–H groups in total. The van der Waals surface area contributed by atoms with Gasteiger partial charge in [0.1, 0.15) is 0 Å². The van der Waals surface area contributed by atoms with Crippen LogP contribution < -0.4 is 5.73 Å². The molecule has 17 heavy (non-hydrogen) atoms. The van der Waals surface area contributed by atoms with Gasteiger partial charge in [-0.05, 0) is 58.9 Å². The van der Waals surface area contributed by atoms with Crippen LogP contribution in [0.5, 0.6) is 0 Å². The average Bonchev–Trinajstić information content (AvgIpc) is 2.77. The zero-order chi connectivity index (χ0) is 12.1. The minimum Gasteiger partial charge on any atom is -0.330 e. The van der Waals surface area contributed by atoms with Gasteiger partial charge in [0.05, 0.1) is 3.79 Å². The zero-order valence-electron chi connectivity index (χ0n) is 9.60. The minimum absolute atomic E-state index is 0.470. The molecule has 90 valence electrons. The first kappa shape index (κ1) is 12.8. The van der Waals surface area contributed by atoms with Crippen molar-refractivity contribution in [2.24, 2.45) is 5.73 Å². The highest BCUT2D eigenvalue weighted by Gasteiger charge is 2.09. The fourth-order valence-corrected chi connectivity index (χ4v) is 3.45. The van der Waals surface area contributed by atoms with Crippen LogP contribution in [-0.2, 0) is 6.42 Å². The normalized spacial score (nSPS) is 12.6. The summed E-state index contributed by atoms with van der Waals surface area (Å²) in [6.45, 7) is 0.719. The molecule has 0 amide bonds. The van der Waals surface area contributed by atoms with Crippen molar-refractivity contribution in [1.82, 2.24) is 0 Å². The number of halogens is 1. The molecule has 0 fully saturated rings. The molecule has 1 aromatic heterocycles. The van der Waals surface area contributed by atoms with Crippen LogP contribution in [0, 0.1) is 0 Å². The molecule has 0 saturated carbocycles. The Hall–Kier alpha value is -0.640. The minimum atomic E-state index is 0.470. The smallest absolute Gasteiger partial charge is 0.0701 e. The summed E-state index contributed by atoms with van der Waals surface area (Å²) in [4.78, 5) is 1.42. The number of nitrogens with two attached hydrogens (primary N) is 1. The third-order valence-electron chi connectivity index (χ3n) is 2.92. The van der Waals surface area contributed by atoms with E-state index in [2.05, 4.69) is 52.3 Å². The molecular weight excluding hydrogens is 294 g/mol. The fourth-order valence-electron chi connectivity index (χ4n) is 1.95. The summed E-state index contributed by atoms with van der Waals surface area (Å²) in [5.41, 5.74) is 7.22. The molecule has 0 bridgehead atoms. The molecule has 3 heteroatoms. The lowest BCUT2D eigenvalue weighted by atomic mass is 9.94. The number of aryl methyl sites for hydroxylation is 1. The largest absolute Gasteiger partial charge is 0.330 e. The Balaban J connectivity index is 1.97. The summed E-state index contributed by atoms with van der Waals surface area (Å²) in [5, 5.41) is 0. The van der Waals surface area contributed by atoms with Gasteiger partial charge in [0, 0.05) is 4.88 Å². The Morgan fingerprint density at radius 1 is 1.12 bits per heavy atom. The molecule has 1 heterocycles. The third-order valence-corrected chi connectivity index (χ3v) is 4.61. The van der Waals surface area contributed by atoms with Gasteiger partial charge >= 0.3 is 0 Å². The van der Waals surface area contributed by atoms with Gasteiger partial charge in [-0.3, -0.25) is 0 Å². The van der Waals surface area contributed by atoms with E-state index >= 15 is 0 Å². The van der Waals surface area contributed by atoms with Crippen LogP contribution in [0.4, 0.5) is 0 Å². The second kappa shape index (κ2) is 6.34. The highest BCUT2D eigenvalue weighted by molar-refractivity contribution is 9.11. The summed E-state index contributed by atoms with van der Waals surface area (Å²) < 4.78 is 1.21. The predicted octanol–water partition coefficient (Wildman–Crippen LogP) is 4.19. The molecule has 1 unspecified atom stereocenters. The molecule has 0 aliphatic heterocycles. The van der Waals surface area contributed by atoms with Crippen molar-refractivity contribution >= 4 is 27.3 Å². The maximum atomic E-state index is 5.87. The molecule has 0 radical (unpaired) electrons. The molecule has 2 aromatic rings. The van der Waals surface area contributed by atoms with E-state index in [9.17, 15) is 0 Å². The summed E-state index contributed by atoms with van der Waals surface area (Å²) in [5.74, 6) is 0.470. The van der Waals surface area contributed by atoms with Crippen LogP contribution in [0.25, 0.3) is 0 Å². The fraction of sp³-hybridized carbons (Fsp3) is 0.286. The Morgan fingerprint density at radius 3 is 2.47 bits per heavy atom. The molecule has 1 nitrogen and oxygen atoms in total. The first-order valence-electron chi connectivity index (χ1n) is 5.79. The van der Waals surface area contributed by atoms with E-state index < -0.39 is 0 Å². The molecule has 2 rings (SSSR count). The van der Waals surface area contributed by atoms with E-state index in [1.807, 2.05) is 17.4 Å². The highest BCUT2D eigenvalue weighted by Crippen LogP contribution is 2.26. The van der Waals surface area contributed by atoms with Gasteiger partial charge in [0.15, 0.2) is 0 Å². The van der Waals surface area contributed by atoms with Crippen molar-refractivity contribution < 1.29 is 0 Å². The van der Waals surface area contributed by atoms with Gasteiger partial charge in [0.25, 0.3) is 0 Å². The summed E-state index contributed by atoms with van der Waals surface area (Å²) in [7, 11) is 0. The number of benzene rings is 1. The van der Waals surface area contributed by atoms with Crippen molar-refractivity contribution in [1.29, 1.82) is 0 Å². The van der Waals surface area contributed by atoms with Crippen LogP contribution in [0.1, 0.15) is 22.8 Å². The lowest BCUT2D eigenvalue weighted by Crippen LogP contribution is -2.13. The maximum Gasteiger partial charge on any atom is 0.0701 e. The first-order chi connectivity index (χ1) is 8.29. The SMILES string of the molecule is NCC(CCc1ccc(Br)s1)c1ccccc1. The van der Waals surface area contributed by atoms with E-state index in [1.54, 1.807) is 0 Å². The topological polar surface area (TPSA) is 26.0 Å². The molecule has 1 aromatic carbocycles. The zero-order valence-corrected chi connectivity index (χ0v) is 12.0. The second-order valence-electron chi connectivity index (χ2n) is 4.09. The van der Waals surface area contributed by atoms with Gasteiger partial charge in [0.2, 0.25) is 0 Å². The Bertz CT molecular complexity index is 452. The lowest BCUT2D eigenvalue weighted by Gasteiger charge is -2.14. The van der Waals surface area contributed by atoms with Crippen molar-refractivity contribution in [3.05, 3.63) is 56.7 Å². The number of hydrogen-bond acceptors (Lipinski definition) is 2. The van der Waals surface area contributed by atoms with Crippen molar-refractivity contribution in [2.75, 3.05) is 6.54 Å². The van der Waals surface area contributed by atoms with Crippen LogP contribution in [0.3, 0.4) is 0 Å². The van der Waals surface area contributed by atoms with Crippen molar-refractivity contribution in [2.45, 2.75) is 18.8 Å². The lowest BCUT2D eigenvalue weighted by molar-refractivity contribution is 0.637. The number of thiophene rings is 1. The predicted molar refractivity (Wildman–Crippen MR) is 78.6 cm³/mol. The van der Waals surface area contributed by atoms with Crippen LogP contribution in [0.2, 0.25) is 0 Å². The third kappa shape index (κ3) is 3.66. The summed E-state index contributed by atoms with van der Waals surface area (Å²) in [6, 6.07) is 14.9. The monoisotopic (exact) mass is 309 g/mol. The molecule has 0 aliphatic carbocycles. The number of hydrogen-bond donors (Lipinski definition) is 1. The molecule has 0 spiro atoms. The van der Waals surface area contributed by atoms with Gasteiger partial charge in [-0.1, -0.05) is 30.3 Å². The second-order valence-corrected chi connectivity index (χ2v) is 6.64. The molecule has 0 aliphatic rings. The molecular formula is C14H16BrNS. The average molecular weight is 310 g/mol. The van der Waals surface area contributed by atoms with Crippen LogP contribution in [0.15, 0.2) is 46.3 Å². The van der Waals surface area contributed by atoms with Gasteiger partial charge in [-0.2, -0.15) is 0 Å². The van der Waals surface area contributed by atoms with Crippen LogP contribution >= 0.6 is 27.3 Å². The highest BCUT2D eigenvalue weighted by atomic mass is 79.9. The first-order valence-corrected chi connectivity index (χ1v) is 7.40. The standard InChI is InChI=1S/C14H16BrNS/c15-14-9-8-13(17-14)7-6-12(10-16)11-4-2-1-3-5-11/h1-5,8-9,12H,6-7,10,16H2. The van der Waals surface area contributed by atoms with E-state index in [0.29, 0.717) is 5.92 Å². The Labute approximate surface area is 115 Å². The van der Waals surface area contributed by atoms with Crippen molar-refractivity contribution in [3.8, 4) is 0 Å². The Kier molecular flexibility index (Phi) is 4.77. The van der Waals surface area contributed by atoms with Crippen molar-refractivity contribution in [3.63, 3.8) is 0 Å².